The number of carbonyl (C=O) groups is 2. The molecule has 7 nitrogen and oxygen atoms in total. The number of nitrogens with one attached hydrogen (secondary N) is 2. The molecule has 29 heavy (non-hydrogen) atoms. The summed E-state index contributed by atoms with van der Waals surface area (Å²) in [6.45, 7) is 5.03. The van der Waals surface area contributed by atoms with Gasteiger partial charge in [0.2, 0.25) is 5.78 Å². The van der Waals surface area contributed by atoms with Crippen molar-refractivity contribution >= 4 is 29.1 Å². The molecule has 0 aliphatic carbocycles. The molecule has 2 aromatic rings. The number of rotatable bonds is 5. The third-order valence-corrected chi connectivity index (χ3v) is 5.81. The van der Waals surface area contributed by atoms with Crippen molar-refractivity contribution in [3.05, 3.63) is 51.0 Å². The number of ketones is 1. The van der Waals surface area contributed by atoms with Gasteiger partial charge in [-0.05, 0) is 44.0 Å². The number of aromatic nitrogens is 2. The van der Waals surface area contributed by atoms with Crippen molar-refractivity contribution in [2.45, 2.75) is 38.8 Å². The predicted octanol–water partition coefficient (Wildman–Crippen LogP) is 2.62. The average molecular weight is 423 g/mol. The van der Waals surface area contributed by atoms with Crippen molar-refractivity contribution in [3.63, 3.8) is 0 Å². The Morgan fingerprint density at radius 3 is 2.72 bits per heavy atom. The number of likely N-dealkylation sites (tertiary alicyclic amines) is 1. The van der Waals surface area contributed by atoms with Crippen molar-refractivity contribution in [2.24, 2.45) is 5.92 Å². The highest BCUT2D eigenvalue weighted by molar-refractivity contribution is 6.41. The number of carbonyl (C=O) groups excluding carboxylic acids is 2. The number of aromatic amines is 1. The van der Waals surface area contributed by atoms with E-state index in [4.69, 9.17) is 11.6 Å². The first-order valence-corrected chi connectivity index (χ1v) is 9.83. The fourth-order valence-corrected chi connectivity index (χ4v) is 3.86. The highest BCUT2D eigenvalue weighted by Crippen LogP contribution is 2.32. The minimum atomic E-state index is -0.860. The van der Waals surface area contributed by atoms with Crippen LogP contribution in [0.1, 0.15) is 31.9 Å². The SMILES string of the molecule is CC1CN(C)C(C)CC1n1[nH]c(=O)cc1NC(=O)C(=O)Cc1ccc(Cl)c(F)c1. The lowest BCUT2D eigenvalue weighted by Crippen LogP contribution is -2.44. The number of benzene rings is 1. The molecular weight excluding hydrogens is 399 g/mol. The molecule has 0 spiro atoms. The number of hydrogen-bond donors (Lipinski definition) is 2. The van der Waals surface area contributed by atoms with Crippen LogP contribution in [0.4, 0.5) is 10.2 Å². The fraction of sp³-hybridized carbons (Fsp3) is 0.450. The summed E-state index contributed by atoms with van der Waals surface area (Å²) in [4.78, 5) is 38.9. The zero-order valence-corrected chi connectivity index (χ0v) is 17.3. The molecule has 3 atom stereocenters. The molecule has 0 bridgehead atoms. The van der Waals surface area contributed by atoms with Gasteiger partial charge < -0.3 is 10.2 Å². The van der Waals surface area contributed by atoms with Crippen LogP contribution in [0.5, 0.6) is 0 Å². The highest BCUT2D eigenvalue weighted by atomic mass is 35.5. The van der Waals surface area contributed by atoms with Gasteiger partial charge in [0.15, 0.2) is 0 Å². The number of nitrogens with zero attached hydrogens (tertiary/aromatic N) is 2. The summed E-state index contributed by atoms with van der Waals surface area (Å²) in [6.07, 6.45) is 0.527. The number of piperidine rings is 1. The van der Waals surface area contributed by atoms with E-state index < -0.39 is 17.5 Å². The van der Waals surface area contributed by atoms with E-state index in [1.54, 1.807) is 4.68 Å². The lowest BCUT2D eigenvalue weighted by atomic mass is 9.90. The van der Waals surface area contributed by atoms with Crippen molar-refractivity contribution in [1.82, 2.24) is 14.7 Å². The standard InChI is InChI=1S/C20H24ClFN4O3/c1-11-10-25(3)12(2)6-16(11)26-18(9-19(28)24-26)23-20(29)17(27)8-13-4-5-14(21)15(22)7-13/h4-5,7,9,11-12,16H,6,8,10H2,1-3H3,(H,23,29)(H,24,28). The second-order valence-corrected chi connectivity index (χ2v) is 8.15. The molecule has 2 heterocycles. The molecule has 3 rings (SSSR count). The zero-order valence-electron chi connectivity index (χ0n) is 16.5. The maximum absolute atomic E-state index is 13.5. The topological polar surface area (TPSA) is 87.2 Å². The van der Waals surface area contributed by atoms with Crippen LogP contribution in [0, 0.1) is 11.7 Å². The molecule has 3 unspecified atom stereocenters. The number of hydrogen-bond acceptors (Lipinski definition) is 4. The molecule has 1 fully saturated rings. The van der Waals surface area contributed by atoms with Crippen LogP contribution < -0.4 is 10.9 Å². The Labute approximate surface area is 172 Å². The van der Waals surface area contributed by atoms with E-state index >= 15 is 0 Å². The van der Waals surface area contributed by atoms with Crippen LogP contribution in [-0.2, 0) is 16.0 Å². The molecule has 1 aliphatic rings. The van der Waals surface area contributed by atoms with Crippen LogP contribution in [0.2, 0.25) is 5.02 Å². The monoisotopic (exact) mass is 422 g/mol. The lowest BCUT2D eigenvalue weighted by Gasteiger charge is -2.40. The van der Waals surface area contributed by atoms with Gasteiger partial charge in [0.05, 0.1) is 11.1 Å². The van der Waals surface area contributed by atoms with Crippen LogP contribution >= 0.6 is 11.6 Å². The third kappa shape index (κ3) is 4.76. The number of anilines is 1. The molecule has 1 aliphatic heterocycles. The maximum Gasteiger partial charge on any atom is 0.293 e. The van der Waals surface area contributed by atoms with Crippen molar-refractivity contribution in [2.75, 3.05) is 18.9 Å². The van der Waals surface area contributed by atoms with E-state index in [0.29, 0.717) is 11.6 Å². The van der Waals surface area contributed by atoms with Crippen molar-refractivity contribution < 1.29 is 14.0 Å². The van der Waals surface area contributed by atoms with Crippen molar-refractivity contribution in [1.29, 1.82) is 0 Å². The van der Waals surface area contributed by atoms with E-state index in [-0.39, 0.29) is 34.8 Å². The van der Waals surface area contributed by atoms with Gasteiger partial charge in [0.1, 0.15) is 11.6 Å². The maximum atomic E-state index is 13.5. The van der Waals surface area contributed by atoms with E-state index in [2.05, 4.69) is 36.2 Å². The Kier molecular flexibility index (Phi) is 6.24. The van der Waals surface area contributed by atoms with E-state index in [1.165, 1.54) is 18.2 Å². The average Bonchev–Trinajstić information content (AvgIpc) is 3.01. The summed E-state index contributed by atoms with van der Waals surface area (Å²) < 4.78 is 15.2. The fourth-order valence-electron chi connectivity index (χ4n) is 3.74. The molecule has 0 radical (unpaired) electrons. The van der Waals surface area contributed by atoms with Gasteiger partial charge in [-0.15, -0.1) is 0 Å². The summed E-state index contributed by atoms with van der Waals surface area (Å²) in [7, 11) is 2.05. The summed E-state index contributed by atoms with van der Waals surface area (Å²) >= 11 is 5.63. The van der Waals surface area contributed by atoms with Gasteiger partial charge >= 0.3 is 0 Å². The zero-order chi connectivity index (χ0) is 21.3. The van der Waals surface area contributed by atoms with Crippen LogP contribution in [0.3, 0.4) is 0 Å². The number of halogens is 2. The van der Waals surface area contributed by atoms with Gasteiger partial charge in [-0.1, -0.05) is 24.6 Å². The van der Waals surface area contributed by atoms with Crippen molar-refractivity contribution in [3.8, 4) is 0 Å². The summed E-state index contributed by atoms with van der Waals surface area (Å²) in [6, 6.07) is 5.52. The molecular formula is C20H24ClFN4O3. The minimum absolute atomic E-state index is 0.0142. The number of amides is 1. The molecule has 9 heteroatoms. The predicted molar refractivity (Wildman–Crippen MR) is 109 cm³/mol. The Morgan fingerprint density at radius 2 is 2.03 bits per heavy atom. The molecule has 0 saturated carbocycles. The van der Waals surface area contributed by atoms with E-state index in [0.717, 1.165) is 19.0 Å². The molecule has 1 aromatic heterocycles. The Balaban J connectivity index is 1.74. The smallest absolute Gasteiger partial charge is 0.293 e. The van der Waals surface area contributed by atoms with E-state index in [1.807, 2.05) is 0 Å². The molecule has 1 saturated heterocycles. The molecule has 156 valence electrons. The second-order valence-electron chi connectivity index (χ2n) is 7.75. The van der Waals surface area contributed by atoms with Gasteiger partial charge in [0, 0.05) is 25.1 Å². The number of H-pyrrole nitrogens is 1. The first kappa shape index (κ1) is 21.3. The third-order valence-electron chi connectivity index (χ3n) is 5.50. The summed E-state index contributed by atoms with van der Waals surface area (Å²) in [5.74, 6) is -1.76. The minimum Gasteiger partial charge on any atom is -0.304 e. The summed E-state index contributed by atoms with van der Waals surface area (Å²) in [5, 5.41) is 5.22. The van der Waals surface area contributed by atoms with Crippen LogP contribution in [-0.4, -0.2) is 46.0 Å². The second kappa shape index (κ2) is 8.51. The molecule has 2 N–H and O–H groups in total. The first-order chi connectivity index (χ1) is 13.7. The van der Waals surface area contributed by atoms with Gasteiger partial charge in [-0.3, -0.25) is 24.2 Å². The van der Waals surface area contributed by atoms with Gasteiger partial charge in [0.25, 0.3) is 11.5 Å². The quantitative estimate of drug-likeness (QED) is 0.725. The highest BCUT2D eigenvalue weighted by Gasteiger charge is 2.32. The van der Waals surface area contributed by atoms with E-state index in [9.17, 15) is 18.8 Å². The molecule has 1 amide bonds. The Bertz CT molecular complexity index is 986. The first-order valence-electron chi connectivity index (χ1n) is 9.45. The Morgan fingerprint density at radius 1 is 1.31 bits per heavy atom. The molecule has 1 aromatic carbocycles. The van der Waals surface area contributed by atoms with Gasteiger partial charge in [-0.25, -0.2) is 4.39 Å². The van der Waals surface area contributed by atoms with Crippen LogP contribution in [0.25, 0.3) is 0 Å². The largest absolute Gasteiger partial charge is 0.304 e. The lowest BCUT2D eigenvalue weighted by molar-refractivity contribution is -0.134. The summed E-state index contributed by atoms with van der Waals surface area (Å²) in [5.41, 5.74) is -0.0115. The Hall–Kier alpha value is -2.45. The normalized spacial score (nSPS) is 22.4. The van der Waals surface area contributed by atoms with Gasteiger partial charge in [-0.2, -0.15) is 0 Å². The number of Topliss-reactive ketones (excluding diaryl/α,β-unsaturated/α-hetero) is 1. The van der Waals surface area contributed by atoms with Crippen LogP contribution in [0.15, 0.2) is 29.1 Å².